The maximum Gasteiger partial charge on any atom is 0.0716 e. The highest BCUT2D eigenvalue weighted by Gasteiger charge is 1.93. The van der Waals surface area contributed by atoms with Crippen LogP contribution < -0.4 is 0 Å². The van der Waals surface area contributed by atoms with Gasteiger partial charge in [0.25, 0.3) is 0 Å². The molecule has 0 aliphatic rings. The van der Waals surface area contributed by atoms with Crippen LogP contribution in [0.3, 0.4) is 0 Å². The topological polar surface area (TPSA) is 9.23 Å². The third-order valence-electron chi connectivity index (χ3n) is 1.85. The van der Waals surface area contributed by atoms with Crippen molar-refractivity contribution < 1.29 is 4.74 Å². The van der Waals surface area contributed by atoms with E-state index in [1.807, 2.05) is 24.3 Å². The molecule has 1 aromatic carbocycles. The van der Waals surface area contributed by atoms with Gasteiger partial charge in [-0.2, -0.15) is 0 Å². The highest BCUT2D eigenvalue weighted by Crippen LogP contribution is 2.10. The van der Waals surface area contributed by atoms with Crippen molar-refractivity contribution in [3.63, 3.8) is 0 Å². The number of rotatable bonds is 6. The van der Waals surface area contributed by atoms with Gasteiger partial charge in [0, 0.05) is 17.5 Å². The van der Waals surface area contributed by atoms with Crippen LogP contribution in [0.25, 0.3) is 0 Å². The first-order valence-corrected chi connectivity index (χ1v) is 5.62. The van der Waals surface area contributed by atoms with Gasteiger partial charge >= 0.3 is 0 Å². The van der Waals surface area contributed by atoms with E-state index in [9.17, 15) is 0 Å². The van der Waals surface area contributed by atoms with Crippen molar-refractivity contribution in [2.24, 2.45) is 0 Å². The smallest absolute Gasteiger partial charge is 0.0716 e. The number of halogens is 2. The summed E-state index contributed by atoms with van der Waals surface area (Å²) in [5.41, 5.74) is 1.15. The second-order valence-corrected chi connectivity index (χ2v) is 3.89. The molecule has 14 heavy (non-hydrogen) atoms. The van der Waals surface area contributed by atoms with E-state index in [-0.39, 0.29) is 0 Å². The predicted molar refractivity (Wildman–Crippen MR) is 61.1 cm³/mol. The van der Waals surface area contributed by atoms with Crippen molar-refractivity contribution in [3.8, 4) is 0 Å². The van der Waals surface area contributed by atoms with Crippen molar-refractivity contribution in [3.05, 3.63) is 34.9 Å². The molecule has 0 aromatic heterocycles. The second kappa shape index (κ2) is 7.10. The number of unbranched alkanes of at least 4 members (excludes halogenated alkanes) is 1. The molecule has 0 heterocycles. The Kier molecular flexibility index (Phi) is 6.00. The van der Waals surface area contributed by atoms with Crippen LogP contribution in [0.4, 0.5) is 0 Å². The summed E-state index contributed by atoms with van der Waals surface area (Å²) in [7, 11) is 0. The van der Waals surface area contributed by atoms with Gasteiger partial charge in [-0.05, 0) is 30.5 Å². The zero-order valence-corrected chi connectivity index (χ0v) is 9.52. The van der Waals surface area contributed by atoms with Gasteiger partial charge in [0.05, 0.1) is 6.61 Å². The van der Waals surface area contributed by atoms with Crippen LogP contribution in [0.1, 0.15) is 18.4 Å². The summed E-state index contributed by atoms with van der Waals surface area (Å²) in [6.07, 6.45) is 2.04. The van der Waals surface area contributed by atoms with E-state index in [0.717, 1.165) is 30.0 Å². The van der Waals surface area contributed by atoms with Crippen molar-refractivity contribution in [1.82, 2.24) is 0 Å². The number of ether oxygens (including phenoxy) is 1. The Bertz CT molecular complexity index is 246. The molecule has 1 nitrogen and oxygen atoms in total. The Hall–Kier alpha value is -0.240. The second-order valence-electron chi connectivity index (χ2n) is 3.08. The van der Waals surface area contributed by atoms with Crippen LogP contribution in [0, 0.1) is 0 Å². The summed E-state index contributed by atoms with van der Waals surface area (Å²) in [5.74, 6) is 0.713. The van der Waals surface area contributed by atoms with Crippen molar-refractivity contribution in [1.29, 1.82) is 0 Å². The van der Waals surface area contributed by atoms with Crippen LogP contribution in [-0.4, -0.2) is 12.5 Å². The molecule has 0 aliphatic carbocycles. The maximum atomic E-state index is 5.76. The lowest BCUT2D eigenvalue weighted by atomic mass is 10.2. The Balaban J connectivity index is 2.15. The Morgan fingerprint density at radius 3 is 2.43 bits per heavy atom. The minimum atomic E-state index is 0.652. The molecule has 0 saturated carbocycles. The minimum absolute atomic E-state index is 0.652. The standard InChI is InChI=1S/C11H14Cl2O/c12-7-1-2-8-14-9-10-3-5-11(13)6-4-10/h3-6H,1-2,7-9H2. The summed E-state index contributed by atoms with van der Waals surface area (Å²) in [6, 6.07) is 7.70. The first kappa shape index (κ1) is 11.8. The Morgan fingerprint density at radius 1 is 1.07 bits per heavy atom. The summed E-state index contributed by atoms with van der Waals surface area (Å²) in [5, 5.41) is 0.760. The Morgan fingerprint density at radius 2 is 1.79 bits per heavy atom. The molecule has 0 saturated heterocycles. The molecule has 0 N–H and O–H groups in total. The molecular formula is C11H14Cl2O. The van der Waals surface area contributed by atoms with Crippen molar-refractivity contribution in [2.45, 2.75) is 19.4 Å². The van der Waals surface area contributed by atoms with Gasteiger partial charge in [0.15, 0.2) is 0 Å². The van der Waals surface area contributed by atoms with E-state index in [1.54, 1.807) is 0 Å². The van der Waals surface area contributed by atoms with Crippen molar-refractivity contribution >= 4 is 23.2 Å². The first-order chi connectivity index (χ1) is 6.83. The summed E-state index contributed by atoms with van der Waals surface area (Å²) in [6.45, 7) is 1.43. The van der Waals surface area contributed by atoms with Gasteiger partial charge in [-0.25, -0.2) is 0 Å². The zero-order valence-electron chi connectivity index (χ0n) is 8.01. The average molecular weight is 233 g/mol. The predicted octanol–water partition coefficient (Wildman–Crippen LogP) is 3.88. The molecule has 1 rings (SSSR count). The van der Waals surface area contributed by atoms with Gasteiger partial charge in [-0.3, -0.25) is 0 Å². The molecule has 0 spiro atoms. The fraction of sp³-hybridized carbons (Fsp3) is 0.455. The number of alkyl halides is 1. The van der Waals surface area contributed by atoms with Gasteiger partial charge in [-0.15, -0.1) is 11.6 Å². The monoisotopic (exact) mass is 232 g/mol. The van der Waals surface area contributed by atoms with E-state index in [0.29, 0.717) is 12.5 Å². The maximum absolute atomic E-state index is 5.76. The van der Waals surface area contributed by atoms with Crippen LogP contribution in [-0.2, 0) is 11.3 Å². The molecule has 0 fully saturated rings. The number of benzene rings is 1. The van der Waals surface area contributed by atoms with Crippen LogP contribution in [0.15, 0.2) is 24.3 Å². The van der Waals surface area contributed by atoms with Gasteiger partial charge in [-0.1, -0.05) is 23.7 Å². The van der Waals surface area contributed by atoms with Crippen LogP contribution in [0.5, 0.6) is 0 Å². The molecule has 0 unspecified atom stereocenters. The Labute approximate surface area is 95.0 Å². The van der Waals surface area contributed by atoms with Gasteiger partial charge in [0.1, 0.15) is 0 Å². The molecule has 1 aromatic rings. The zero-order chi connectivity index (χ0) is 10.2. The SMILES string of the molecule is ClCCCCOCc1ccc(Cl)cc1. The molecule has 0 atom stereocenters. The lowest BCUT2D eigenvalue weighted by Crippen LogP contribution is -1.95. The quantitative estimate of drug-likeness (QED) is 0.535. The van der Waals surface area contributed by atoms with Crippen molar-refractivity contribution in [2.75, 3.05) is 12.5 Å². The van der Waals surface area contributed by atoms with E-state index < -0.39 is 0 Å². The third-order valence-corrected chi connectivity index (χ3v) is 2.37. The first-order valence-electron chi connectivity index (χ1n) is 4.71. The molecule has 0 radical (unpaired) electrons. The van der Waals surface area contributed by atoms with E-state index in [4.69, 9.17) is 27.9 Å². The lowest BCUT2D eigenvalue weighted by Gasteiger charge is -2.03. The number of hydrogen-bond acceptors (Lipinski definition) is 1. The summed E-state index contributed by atoms with van der Waals surface area (Å²) in [4.78, 5) is 0. The average Bonchev–Trinajstić information content (AvgIpc) is 2.21. The molecule has 0 amide bonds. The molecule has 0 aliphatic heterocycles. The van der Waals surface area contributed by atoms with Crippen LogP contribution >= 0.6 is 23.2 Å². The minimum Gasteiger partial charge on any atom is -0.377 e. The van der Waals surface area contributed by atoms with Gasteiger partial charge < -0.3 is 4.74 Å². The fourth-order valence-corrected chi connectivity index (χ4v) is 1.38. The van der Waals surface area contributed by atoms with E-state index >= 15 is 0 Å². The molecule has 0 bridgehead atoms. The largest absolute Gasteiger partial charge is 0.377 e. The normalized spacial score (nSPS) is 10.4. The van der Waals surface area contributed by atoms with E-state index in [1.165, 1.54) is 0 Å². The van der Waals surface area contributed by atoms with E-state index in [2.05, 4.69) is 0 Å². The van der Waals surface area contributed by atoms with Gasteiger partial charge in [0.2, 0.25) is 0 Å². The number of hydrogen-bond donors (Lipinski definition) is 0. The molecular weight excluding hydrogens is 219 g/mol. The third kappa shape index (κ3) is 4.85. The lowest BCUT2D eigenvalue weighted by molar-refractivity contribution is 0.118. The summed E-state index contributed by atoms with van der Waals surface area (Å²) < 4.78 is 5.46. The molecule has 78 valence electrons. The highest BCUT2D eigenvalue weighted by atomic mass is 35.5. The molecule has 3 heteroatoms. The highest BCUT2D eigenvalue weighted by molar-refractivity contribution is 6.30. The fourth-order valence-electron chi connectivity index (χ4n) is 1.07. The summed E-state index contributed by atoms with van der Waals surface area (Å²) >= 11 is 11.3. The van der Waals surface area contributed by atoms with Crippen LogP contribution in [0.2, 0.25) is 5.02 Å².